The van der Waals surface area contributed by atoms with E-state index in [1.165, 1.54) is 27.4 Å². The van der Waals surface area contributed by atoms with Crippen molar-refractivity contribution in [2.24, 2.45) is 0 Å². The van der Waals surface area contributed by atoms with Gasteiger partial charge in [-0.2, -0.15) is 0 Å². The van der Waals surface area contributed by atoms with Gasteiger partial charge in [-0.15, -0.1) is 0 Å². The first kappa shape index (κ1) is 13.6. The fourth-order valence-electron chi connectivity index (χ4n) is 2.29. The van der Waals surface area contributed by atoms with Crippen molar-refractivity contribution in [2.45, 2.75) is 0 Å². The summed E-state index contributed by atoms with van der Waals surface area (Å²) in [6.45, 7) is 0. The van der Waals surface area contributed by atoms with Crippen molar-refractivity contribution in [1.82, 2.24) is 0 Å². The molecular weight excluding hydrogens is 268 g/mol. The minimum Gasteiger partial charge on any atom is -0.0707 e. The van der Waals surface area contributed by atoms with Crippen LogP contribution in [0.2, 0.25) is 0 Å². The molecule has 0 heterocycles. The van der Waals surface area contributed by atoms with Crippen molar-refractivity contribution in [3.63, 3.8) is 0 Å². The minimum absolute atomic E-state index is 1.11. The lowest BCUT2D eigenvalue weighted by atomic mass is 10.0. The number of hydrogen-bond donors (Lipinski definition) is 0. The molecule has 0 bridgehead atoms. The zero-order valence-corrected chi connectivity index (χ0v) is 14.2. The Morgan fingerprint density at radius 3 is 1.57 bits per heavy atom. The first-order valence-electron chi connectivity index (χ1n) is 7.21. The van der Waals surface area contributed by atoms with Gasteiger partial charge in [-0.3, -0.25) is 0 Å². The Labute approximate surface area is 129 Å². The van der Waals surface area contributed by atoms with Crippen LogP contribution >= 0.6 is 0 Å². The normalized spacial score (nSPS) is 11.0. The van der Waals surface area contributed by atoms with E-state index in [1.54, 1.807) is 0 Å². The van der Waals surface area contributed by atoms with Crippen molar-refractivity contribution in [1.29, 1.82) is 0 Å². The number of rotatable bonds is 3. The second-order valence-electron chi connectivity index (χ2n) is 5.23. The summed E-state index contributed by atoms with van der Waals surface area (Å²) in [5, 5.41) is 1.43. The summed E-state index contributed by atoms with van der Waals surface area (Å²) < 4.78 is 0. The molecule has 0 unspecified atom stereocenters. The summed E-state index contributed by atoms with van der Waals surface area (Å²) in [4.78, 5) is 0. The van der Waals surface area contributed by atoms with Crippen molar-refractivity contribution >= 4 is 27.6 Å². The van der Waals surface area contributed by atoms with E-state index in [0.29, 0.717) is 0 Å². The Bertz CT molecular complexity index is 723. The Balaban J connectivity index is 1.77. The smallest absolute Gasteiger partial charge is 0.0384 e. The van der Waals surface area contributed by atoms with Crippen molar-refractivity contribution < 1.29 is 0 Å². The van der Waals surface area contributed by atoms with Crippen LogP contribution < -0.4 is 5.19 Å². The highest BCUT2D eigenvalue weighted by atomic mass is 28.1. The summed E-state index contributed by atoms with van der Waals surface area (Å²) in [6, 6.07) is 27.9. The van der Waals surface area contributed by atoms with Crippen LogP contribution in [0.3, 0.4) is 0 Å². The summed E-state index contributed by atoms with van der Waals surface area (Å²) in [5.74, 6) is 0. The predicted molar refractivity (Wildman–Crippen MR) is 96.8 cm³/mol. The fraction of sp³-hybridized carbons (Fsp3) is 0. The van der Waals surface area contributed by atoms with Crippen molar-refractivity contribution in [3.05, 3.63) is 90.0 Å². The van der Waals surface area contributed by atoms with Gasteiger partial charge in [0.1, 0.15) is 0 Å². The summed E-state index contributed by atoms with van der Waals surface area (Å²) in [6.07, 6.45) is 4.33. The molecule has 0 spiro atoms. The van der Waals surface area contributed by atoms with Crippen LogP contribution in [0, 0.1) is 0 Å². The molecule has 3 rings (SSSR count). The van der Waals surface area contributed by atoms with E-state index >= 15 is 0 Å². The SMILES string of the molecule is [SiH3]c1ccc(C=Cc2ccc(-c3ccccc3)cc2)cc1. The molecule has 0 atom stereocenters. The Kier molecular flexibility index (Phi) is 4.13. The largest absolute Gasteiger partial charge is 0.0707 e. The molecule has 3 aromatic carbocycles. The van der Waals surface area contributed by atoms with Gasteiger partial charge in [0.2, 0.25) is 0 Å². The molecule has 0 saturated carbocycles. The topological polar surface area (TPSA) is 0 Å². The first-order chi connectivity index (χ1) is 10.3. The van der Waals surface area contributed by atoms with Gasteiger partial charge in [0.05, 0.1) is 0 Å². The van der Waals surface area contributed by atoms with Gasteiger partial charge >= 0.3 is 0 Å². The Morgan fingerprint density at radius 2 is 1.00 bits per heavy atom. The van der Waals surface area contributed by atoms with Gasteiger partial charge in [0.15, 0.2) is 0 Å². The van der Waals surface area contributed by atoms with Crippen LogP contribution in [-0.2, 0) is 0 Å². The monoisotopic (exact) mass is 286 g/mol. The second kappa shape index (κ2) is 6.38. The molecule has 0 aliphatic rings. The third-order valence-electron chi connectivity index (χ3n) is 3.56. The molecule has 0 aliphatic carbocycles. The average Bonchev–Trinajstić information content (AvgIpc) is 2.56. The van der Waals surface area contributed by atoms with Gasteiger partial charge < -0.3 is 0 Å². The average molecular weight is 286 g/mol. The zero-order valence-electron chi connectivity index (χ0n) is 12.2. The highest BCUT2D eigenvalue weighted by molar-refractivity contribution is 6.32. The maximum Gasteiger partial charge on any atom is 0.0384 e. The van der Waals surface area contributed by atoms with Gasteiger partial charge in [0.25, 0.3) is 0 Å². The first-order valence-corrected chi connectivity index (χ1v) is 8.21. The van der Waals surface area contributed by atoms with E-state index in [2.05, 4.69) is 84.9 Å². The van der Waals surface area contributed by atoms with E-state index < -0.39 is 0 Å². The second-order valence-corrected chi connectivity index (χ2v) is 6.39. The van der Waals surface area contributed by atoms with Crippen LogP contribution in [-0.4, -0.2) is 10.2 Å². The van der Waals surface area contributed by atoms with Crippen LogP contribution in [0.25, 0.3) is 23.3 Å². The summed E-state index contributed by atoms with van der Waals surface area (Å²) >= 11 is 0. The van der Waals surface area contributed by atoms with Crippen LogP contribution in [0.1, 0.15) is 11.1 Å². The van der Waals surface area contributed by atoms with Crippen LogP contribution in [0.15, 0.2) is 78.9 Å². The molecule has 0 fully saturated rings. The van der Waals surface area contributed by atoms with E-state index in [4.69, 9.17) is 0 Å². The molecule has 0 radical (unpaired) electrons. The molecule has 0 amide bonds. The van der Waals surface area contributed by atoms with Crippen LogP contribution in [0.4, 0.5) is 0 Å². The number of benzene rings is 3. The highest BCUT2D eigenvalue weighted by Crippen LogP contribution is 2.20. The van der Waals surface area contributed by atoms with E-state index in [1.807, 2.05) is 6.07 Å². The van der Waals surface area contributed by atoms with Crippen molar-refractivity contribution in [3.8, 4) is 11.1 Å². The Morgan fingerprint density at radius 1 is 0.524 bits per heavy atom. The summed E-state index contributed by atoms with van der Waals surface area (Å²) in [7, 11) is 1.11. The molecule has 0 nitrogen and oxygen atoms in total. The van der Waals surface area contributed by atoms with E-state index in [-0.39, 0.29) is 0 Å². The highest BCUT2D eigenvalue weighted by Gasteiger charge is 1.95. The van der Waals surface area contributed by atoms with Gasteiger partial charge in [-0.25, -0.2) is 0 Å². The molecular formula is C20H18Si. The van der Waals surface area contributed by atoms with Gasteiger partial charge in [-0.05, 0) is 22.3 Å². The molecule has 0 aliphatic heterocycles. The van der Waals surface area contributed by atoms with Gasteiger partial charge in [-0.1, -0.05) is 96.2 Å². The minimum atomic E-state index is 1.11. The molecule has 1 heteroatoms. The van der Waals surface area contributed by atoms with Gasteiger partial charge in [0, 0.05) is 10.2 Å². The molecule has 0 aromatic heterocycles. The summed E-state index contributed by atoms with van der Waals surface area (Å²) in [5.41, 5.74) is 5.00. The third kappa shape index (κ3) is 3.59. The standard InChI is InChI=1S/C20H18Si/c21-20-14-10-17(11-15-20)7-6-16-8-12-19(13-9-16)18-4-2-1-3-5-18/h1-15H,21H3. The van der Waals surface area contributed by atoms with Crippen molar-refractivity contribution in [2.75, 3.05) is 0 Å². The quantitative estimate of drug-likeness (QED) is 0.510. The number of hydrogen-bond acceptors (Lipinski definition) is 0. The Hall–Kier alpha value is -2.38. The molecule has 3 aromatic rings. The lowest BCUT2D eigenvalue weighted by Gasteiger charge is -2.02. The van der Waals surface area contributed by atoms with E-state index in [9.17, 15) is 0 Å². The molecule has 0 N–H and O–H groups in total. The lowest BCUT2D eigenvalue weighted by Crippen LogP contribution is -1.98. The predicted octanol–water partition coefficient (Wildman–Crippen LogP) is 3.51. The molecule has 0 saturated heterocycles. The zero-order chi connectivity index (χ0) is 14.5. The van der Waals surface area contributed by atoms with E-state index in [0.717, 1.165) is 10.2 Å². The molecule has 21 heavy (non-hydrogen) atoms. The fourth-order valence-corrected chi connectivity index (χ4v) is 2.62. The third-order valence-corrected chi connectivity index (χ3v) is 4.23. The van der Waals surface area contributed by atoms with Crippen LogP contribution in [0.5, 0.6) is 0 Å². The molecule has 102 valence electrons. The maximum absolute atomic E-state index is 2.20. The lowest BCUT2D eigenvalue weighted by molar-refractivity contribution is 1.60. The maximum atomic E-state index is 2.20.